The third-order valence-electron chi connectivity index (χ3n) is 3.41. The van der Waals surface area contributed by atoms with E-state index in [1.165, 1.54) is 28.7 Å². The van der Waals surface area contributed by atoms with Crippen LogP contribution in [0.4, 0.5) is 5.69 Å². The highest BCUT2D eigenvalue weighted by Crippen LogP contribution is 2.34. The van der Waals surface area contributed by atoms with Gasteiger partial charge in [0.05, 0.1) is 5.25 Å². The van der Waals surface area contributed by atoms with E-state index in [1.807, 2.05) is 30.0 Å². The van der Waals surface area contributed by atoms with Crippen LogP contribution >= 0.6 is 23.1 Å². The number of nitrogens with zero attached hydrogens (tertiary/aromatic N) is 3. The van der Waals surface area contributed by atoms with Crippen LogP contribution in [0.25, 0.3) is 0 Å². The summed E-state index contributed by atoms with van der Waals surface area (Å²) in [4.78, 5) is 14.6. The van der Waals surface area contributed by atoms with E-state index in [2.05, 4.69) is 23.2 Å². The van der Waals surface area contributed by atoms with Crippen LogP contribution in [-0.2, 0) is 11.2 Å². The van der Waals surface area contributed by atoms with Crippen molar-refractivity contribution < 1.29 is 4.79 Å². The van der Waals surface area contributed by atoms with Crippen molar-refractivity contribution in [1.82, 2.24) is 10.2 Å². The molecule has 0 radical (unpaired) electrons. The average Bonchev–Trinajstić information content (AvgIpc) is 3.04. The molecule has 20 heavy (non-hydrogen) atoms. The van der Waals surface area contributed by atoms with Gasteiger partial charge in [-0.15, -0.1) is 10.2 Å². The van der Waals surface area contributed by atoms with E-state index in [0.29, 0.717) is 0 Å². The van der Waals surface area contributed by atoms with E-state index in [0.717, 1.165) is 16.4 Å². The van der Waals surface area contributed by atoms with E-state index in [9.17, 15) is 4.79 Å². The molecular formula is C14H15N3OS2. The summed E-state index contributed by atoms with van der Waals surface area (Å²) in [6.45, 7) is 4.03. The first kappa shape index (κ1) is 13.6. The van der Waals surface area contributed by atoms with E-state index in [-0.39, 0.29) is 17.2 Å². The smallest absolute Gasteiger partial charge is 0.240 e. The van der Waals surface area contributed by atoms with Gasteiger partial charge in [0.15, 0.2) is 4.34 Å². The molecule has 104 valence electrons. The topological polar surface area (TPSA) is 46.1 Å². The second-order valence-electron chi connectivity index (χ2n) is 4.85. The summed E-state index contributed by atoms with van der Waals surface area (Å²) in [7, 11) is 0. The Labute approximate surface area is 126 Å². The fourth-order valence-corrected chi connectivity index (χ4v) is 4.19. The molecule has 1 amide bonds. The molecule has 4 nitrogen and oxygen atoms in total. The second kappa shape index (κ2) is 5.54. The molecule has 0 saturated heterocycles. The Morgan fingerprint density at radius 2 is 2.30 bits per heavy atom. The van der Waals surface area contributed by atoms with Gasteiger partial charge in [0.25, 0.3) is 0 Å². The van der Waals surface area contributed by atoms with Crippen molar-refractivity contribution in [3.8, 4) is 0 Å². The Kier molecular flexibility index (Phi) is 3.76. The van der Waals surface area contributed by atoms with Crippen LogP contribution in [0.15, 0.2) is 34.1 Å². The number of anilines is 1. The number of fused-ring (bicyclic) bond motifs is 1. The van der Waals surface area contributed by atoms with Gasteiger partial charge in [-0.3, -0.25) is 4.79 Å². The van der Waals surface area contributed by atoms with E-state index in [1.54, 1.807) is 5.51 Å². The molecule has 0 N–H and O–H groups in total. The molecule has 1 aromatic carbocycles. The number of benzene rings is 1. The minimum Gasteiger partial charge on any atom is -0.308 e. The third kappa shape index (κ3) is 2.45. The van der Waals surface area contributed by atoms with Crippen molar-refractivity contribution in [2.24, 2.45) is 0 Å². The first-order valence-electron chi connectivity index (χ1n) is 6.50. The zero-order valence-corrected chi connectivity index (χ0v) is 12.9. The van der Waals surface area contributed by atoms with Crippen LogP contribution in [0.3, 0.4) is 0 Å². The van der Waals surface area contributed by atoms with Crippen molar-refractivity contribution in [1.29, 1.82) is 0 Å². The molecule has 6 heteroatoms. The zero-order valence-electron chi connectivity index (χ0n) is 11.3. The van der Waals surface area contributed by atoms with Gasteiger partial charge < -0.3 is 4.90 Å². The fourth-order valence-electron chi connectivity index (χ4n) is 2.51. The fraction of sp³-hybridized carbons (Fsp3) is 0.357. The van der Waals surface area contributed by atoms with Gasteiger partial charge in [-0.1, -0.05) is 41.3 Å². The van der Waals surface area contributed by atoms with Gasteiger partial charge in [-0.25, -0.2) is 0 Å². The van der Waals surface area contributed by atoms with Crippen LogP contribution in [0.2, 0.25) is 0 Å². The lowest BCUT2D eigenvalue weighted by Crippen LogP contribution is -2.40. The number of hydrogen-bond donors (Lipinski definition) is 0. The van der Waals surface area contributed by atoms with Crippen LogP contribution in [-0.4, -0.2) is 27.4 Å². The van der Waals surface area contributed by atoms with Crippen LogP contribution in [0.1, 0.15) is 19.4 Å². The molecule has 0 spiro atoms. The minimum absolute atomic E-state index is 0.141. The van der Waals surface area contributed by atoms with E-state index >= 15 is 0 Å². The maximum Gasteiger partial charge on any atom is 0.240 e. The molecule has 1 aliphatic rings. The van der Waals surface area contributed by atoms with Crippen LogP contribution in [0, 0.1) is 0 Å². The normalized spacial score (nSPS) is 18.9. The number of rotatable bonds is 3. The van der Waals surface area contributed by atoms with Crippen molar-refractivity contribution in [2.75, 3.05) is 4.90 Å². The van der Waals surface area contributed by atoms with Gasteiger partial charge in [-0.2, -0.15) is 0 Å². The molecule has 1 aromatic heterocycles. The maximum atomic E-state index is 12.7. The zero-order chi connectivity index (χ0) is 14.1. The summed E-state index contributed by atoms with van der Waals surface area (Å²) in [6.07, 6.45) is 0.929. The predicted molar refractivity (Wildman–Crippen MR) is 82.3 cm³/mol. The Morgan fingerprint density at radius 1 is 1.50 bits per heavy atom. The van der Waals surface area contributed by atoms with Crippen molar-refractivity contribution in [3.63, 3.8) is 0 Å². The number of amides is 1. The summed E-state index contributed by atoms with van der Waals surface area (Å²) in [5, 5.41) is 7.64. The van der Waals surface area contributed by atoms with E-state index in [4.69, 9.17) is 0 Å². The lowest BCUT2D eigenvalue weighted by atomic mass is 10.1. The number of hydrogen-bond acceptors (Lipinski definition) is 5. The summed E-state index contributed by atoms with van der Waals surface area (Å²) in [5.74, 6) is 0.141. The standard InChI is InChI=1S/C14H15N3OS2/c1-9-7-11-5-3-4-6-12(11)17(9)13(18)10(2)20-14-16-15-8-19-14/h3-6,8-10H,7H2,1-2H3/t9-,10-/m1/s1. The van der Waals surface area contributed by atoms with Gasteiger partial charge in [0, 0.05) is 11.7 Å². The quantitative estimate of drug-likeness (QED) is 0.818. The summed E-state index contributed by atoms with van der Waals surface area (Å²) in [5.41, 5.74) is 3.99. The van der Waals surface area contributed by atoms with Crippen molar-refractivity contribution in [2.45, 2.75) is 35.9 Å². The number of aromatic nitrogens is 2. The number of carbonyl (C=O) groups is 1. The highest BCUT2D eigenvalue weighted by molar-refractivity contribution is 8.02. The molecule has 0 unspecified atom stereocenters. The monoisotopic (exact) mass is 305 g/mol. The van der Waals surface area contributed by atoms with Crippen molar-refractivity contribution in [3.05, 3.63) is 35.3 Å². The summed E-state index contributed by atoms with van der Waals surface area (Å²) < 4.78 is 0.839. The summed E-state index contributed by atoms with van der Waals surface area (Å²) in [6, 6.07) is 8.36. The molecule has 3 rings (SSSR count). The molecular weight excluding hydrogens is 290 g/mol. The largest absolute Gasteiger partial charge is 0.308 e. The number of carbonyl (C=O) groups excluding carboxylic acids is 1. The summed E-state index contributed by atoms with van der Waals surface area (Å²) >= 11 is 2.94. The molecule has 2 atom stereocenters. The van der Waals surface area contributed by atoms with Crippen LogP contribution < -0.4 is 4.90 Å². The molecule has 0 saturated carbocycles. The van der Waals surface area contributed by atoms with Gasteiger partial charge >= 0.3 is 0 Å². The van der Waals surface area contributed by atoms with Crippen LogP contribution in [0.5, 0.6) is 0 Å². The highest BCUT2D eigenvalue weighted by atomic mass is 32.2. The molecule has 0 aliphatic carbocycles. The lowest BCUT2D eigenvalue weighted by Gasteiger charge is -2.25. The number of para-hydroxylation sites is 1. The third-order valence-corrected chi connectivity index (χ3v) is 5.31. The highest BCUT2D eigenvalue weighted by Gasteiger charge is 2.33. The first-order chi connectivity index (χ1) is 9.66. The Balaban J connectivity index is 1.80. The van der Waals surface area contributed by atoms with Gasteiger partial charge in [-0.05, 0) is 31.9 Å². The molecule has 0 fully saturated rings. The molecule has 1 aliphatic heterocycles. The van der Waals surface area contributed by atoms with Gasteiger partial charge in [0.2, 0.25) is 5.91 Å². The Hall–Kier alpha value is -1.40. The average molecular weight is 305 g/mol. The Bertz CT molecular complexity index is 615. The predicted octanol–water partition coefficient (Wildman–Crippen LogP) is 3.00. The van der Waals surface area contributed by atoms with Gasteiger partial charge in [0.1, 0.15) is 5.51 Å². The second-order valence-corrected chi connectivity index (χ2v) is 7.28. The molecule has 2 aromatic rings. The first-order valence-corrected chi connectivity index (χ1v) is 8.26. The molecule has 2 heterocycles. The lowest BCUT2D eigenvalue weighted by molar-refractivity contribution is -0.118. The maximum absolute atomic E-state index is 12.7. The Morgan fingerprint density at radius 3 is 3.05 bits per heavy atom. The van der Waals surface area contributed by atoms with Crippen molar-refractivity contribution >= 4 is 34.7 Å². The molecule has 0 bridgehead atoms. The SMILES string of the molecule is C[C@@H]1Cc2ccccc2N1C(=O)[C@@H](C)Sc1nncs1. The minimum atomic E-state index is -0.156. The number of thioether (sulfide) groups is 1. The van der Waals surface area contributed by atoms with E-state index < -0.39 is 0 Å².